The summed E-state index contributed by atoms with van der Waals surface area (Å²) >= 11 is 11.3. The van der Waals surface area contributed by atoms with E-state index in [-0.39, 0.29) is 0 Å². The van der Waals surface area contributed by atoms with Crippen LogP contribution >= 0.6 is 31.0 Å². The number of rotatable bonds is 8. The number of hydrogen-bond donors (Lipinski definition) is 1. The smallest absolute Gasteiger partial charge is 0.302 e. The van der Waals surface area contributed by atoms with Crippen molar-refractivity contribution in [1.82, 2.24) is 0 Å². The molecule has 0 radical (unpaired) electrons. The first-order chi connectivity index (χ1) is 6.91. The van der Waals surface area contributed by atoms with Gasteiger partial charge in [-0.3, -0.25) is 9.05 Å². The van der Waals surface area contributed by atoms with Crippen LogP contribution in [0.25, 0.3) is 0 Å². The molecule has 0 aromatic rings. The highest BCUT2D eigenvalue weighted by atomic mass is 35.5. The Morgan fingerprint density at radius 3 is 1.73 bits per heavy atom. The summed E-state index contributed by atoms with van der Waals surface area (Å²) in [6, 6.07) is 0. The van der Waals surface area contributed by atoms with Crippen molar-refractivity contribution in [2.24, 2.45) is 0 Å². The summed E-state index contributed by atoms with van der Waals surface area (Å²) in [5.41, 5.74) is -1.65. The summed E-state index contributed by atoms with van der Waals surface area (Å²) in [5.74, 6) is 0. The first-order valence-corrected chi connectivity index (χ1v) is 7.25. The van der Waals surface area contributed by atoms with Gasteiger partial charge in [0.25, 0.3) is 0 Å². The molecule has 0 saturated carbocycles. The van der Waals surface area contributed by atoms with Gasteiger partial charge in [0.1, 0.15) is 11.1 Å². The standard InChI is InChI=1S/C8H17Cl2O4P/c1-3-5-7(9)13-15(11,12)14-8(10)6-4-2/h7-8H,3-6H2,1-2H3,(H,11,12). The number of hydrogen-bond acceptors (Lipinski definition) is 3. The van der Waals surface area contributed by atoms with Crippen molar-refractivity contribution in [3.05, 3.63) is 0 Å². The second-order valence-corrected chi connectivity index (χ2v) is 5.41. The number of phosphoric ester groups is 1. The molecular weight excluding hydrogens is 262 g/mol. The van der Waals surface area contributed by atoms with E-state index in [1.807, 2.05) is 13.8 Å². The van der Waals surface area contributed by atoms with Gasteiger partial charge in [-0.25, -0.2) is 4.57 Å². The predicted octanol–water partition coefficient (Wildman–Crippen LogP) is 3.85. The third-order valence-corrected chi connectivity index (χ3v) is 3.43. The van der Waals surface area contributed by atoms with Crippen LogP contribution < -0.4 is 0 Å². The van der Waals surface area contributed by atoms with Gasteiger partial charge in [0, 0.05) is 0 Å². The Morgan fingerprint density at radius 2 is 1.47 bits per heavy atom. The predicted molar refractivity (Wildman–Crippen MR) is 61.1 cm³/mol. The van der Waals surface area contributed by atoms with Crippen LogP contribution in [0.1, 0.15) is 39.5 Å². The molecule has 0 aromatic heterocycles. The highest BCUT2D eigenvalue weighted by Gasteiger charge is 2.28. The van der Waals surface area contributed by atoms with Crippen molar-refractivity contribution in [3.8, 4) is 0 Å². The molecule has 0 aromatic carbocycles. The minimum absolute atomic E-state index is 0.482. The minimum atomic E-state index is -4.13. The van der Waals surface area contributed by atoms with E-state index >= 15 is 0 Å². The maximum absolute atomic E-state index is 11.3. The van der Waals surface area contributed by atoms with Crippen molar-refractivity contribution in [2.75, 3.05) is 0 Å². The number of alkyl halides is 2. The SMILES string of the molecule is CCCC(Cl)OP(=O)(O)OC(Cl)CCC. The molecule has 2 unspecified atom stereocenters. The van der Waals surface area contributed by atoms with Crippen molar-refractivity contribution in [3.63, 3.8) is 0 Å². The van der Waals surface area contributed by atoms with Crippen LogP contribution in [0.4, 0.5) is 0 Å². The summed E-state index contributed by atoms with van der Waals surface area (Å²) in [6.07, 6.45) is 2.48. The van der Waals surface area contributed by atoms with Crippen molar-refractivity contribution >= 4 is 31.0 Å². The topological polar surface area (TPSA) is 55.8 Å². The van der Waals surface area contributed by atoms with Gasteiger partial charge in [0.2, 0.25) is 0 Å². The Kier molecular flexibility index (Phi) is 8.24. The molecule has 0 aliphatic carbocycles. The van der Waals surface area contributed by atoms with E-state index in [1.54, 1.807) is 0 Å². The first-order valence-electron chi connectivity index (χ1n) is 4.89. The van der Waals surface area contributed by atoms with Crippen LogP contribution in [0, 0.1) is 0 Å². The molecule has 0 rings (SSSR count). The monoisotopic (exact) mass is 278 g/mol. The number of halogens is 2. The zero-order chi connectivity index (χ0) is 11.9. The lowest BCUT2D eigenvalue weighted by Gasteiger charge is -2.17. The van der Waals surface area contributed by atoms with Crippen molar-refractivity contribution in [2.45, 2.75) is 50.7 Å². The normalized spacial score (nSPS) is 19.5. The van der Waals surface area contributed by atoms with E-state index in [0.29, 0.717) is 12.8 Å². The third-order valence-electron chi connectivity index (χ3n) is 1.53. The Morgan fingerprint density at radius 1 is 1.13 bits per heavy atom. The highest BCUT2D eigenvalue weighted by molar-refractivity contribution is 7.47. The van der Waals surface area contributed by atoms with Crippen LogP contribution in [-0.4, -0.2) is 16.0 Å². The van der Waals surface area contributed by atoms with E-state index < -0.39 is 18.9 Å². The van der Waals surface area contributed by atoms with Gasteiger partial charge < -0.3 is 4.89 Å². The van der Waals surface area contributed by atoms with Crippen molar-refractivity contribution in [1.29, 1.82) is 0 Å². The largest absolute Gasteiger partial charge is 0.475 e. The Bertz CT molecular complexity index is 197. The molecule has 2 atom stereocenters. The molecule has 0 bridgehead atoms. The number of phosphoric acid groups is 1. The summed E-state index contributed by atoms with van der Waals surface area (Å²) in [5, 5.41) is 0. The molecule has 0 spiro atoms. The lowest BCUT2D eigenvalue weighted by atomic mass is 10.4. The fourth-order valence-electron chi connectivity index (χ4n) is 0.873. The zero-order valence-electron chi connectivity index (χ0n) is 8.86. The molecule has 0 aliphatic heterocycles. The molecule has 0 aliphatic rings. The Hall–Kier alpha value is 0.690. The van der Waals surface area contributed by atoms with E-state index in [4.69, 9.17) is 23.2 Å². The molecule has 4 nitrogen and oxygen atoms in total. The molecule has 0 saturated heterocycles. The fourth-order valence-corrected chi connectivity index (χ4v) is 2.75. The zero-order valence-corrected chi connectivity index (χ0v) is 11.3. The maximum Gasteiger partial charge on any atom is 0.475 e. The third kappa shape index (κ3) is 8.49. The molecule has 92 valence electrons. The van der Waals surface area contributed by atoms with E-state index in [1.165, 1.54) is 0 Å². The second kappa shape index (κ2) is 7.88. The summed E-state index contributed by atoms with van der Waals surface area (Å²) < 4.78 is 20.7. The van der Waals surface area contributed by atoms with Gasteiger partial charge in [-0.1, -0.05) is 49.9 Å². The average molecular weight is 279 g/mol. The molecule has 15 heavy (non-hydrogen) atoms. The molecule has 0 heterocycles. The van der Waals surface area contributed by atoms with Gasteiger partial charge in [-0.2, -0.15) is 0 Å². The molecule has 7 heteroatoms. The van der Waals surface area contributed by atoms with Gasteiger partial charge in [0.05, 0.1) is 0 Å². The molecule has 0 amide bonds. The Labute approximate surface area is 100 Å². The molecular formula is C8H17Cl2O4P. The van der Waals surface area contributed by atoms with E-state index in [9.17, 15) is 9.46 Å². The second-order valence-electron chi connectivity index (χ2n) is 3.08. The Balaban J connectivity index is 4.00. The average Bonchev–Trinajstić information content (AvgIpc) is 2.01. The quantitative estimate of drug-likeness (QED) is 0.541. The lowest BCUT2D eigenvalue weighted by molar-refractivity contribution is 0.119. The molecule has 0 fully saturated rings. The van der Waals surface area contributed by atoms with Crippen LogP contribution in [0.3, 0.4) is 0 Å². The van der Waals surface area contributed by atoms with Gasteiger partial charge in [-0.05, 0) is 12.8 Å². The van der Waals surface area contributed by atoms with Crippen molar-refractivity contribution < 1.29 is 18.5 Å². The lowest BCUT2D eigenvalue weighted by Crippen LogP contribution is -2.09. The molecule has 1 N–H and O–H groups in total. The van der Waals surface area contributed by atoms with Gasteiger partial charge >= 0.3 is 7.82 Å². The van der Waals surface area contributed by atoms with Gasteiger partial charge in [0.15, 0.2) is 0 Å². The summed E-state index contributed by atoms with van der Waals surface area (Å²) in [6.45, 7) is 3.78. The summed E-state index contributed by atoms with van der Waals surface area (Å²) in [7, 11) is -4.13. The van der Waals surface area contributed by atoms with Gasteiger partial charge in [-0.15, -0.1) is 0 Å². The first kappa shape index (κ1) is 15.7. The van der Waals surface area contributed by atoms with Crippen LogP contribution in [0.5, 0.6) is 0 Å². The minimum Gasteiger partial charge on any atom is -0.302 e. The summed E-state index contributed by atoms with van der Waals surface area (Å²) in [4.78, 5) is 9.25. The maximum atomic E-state index is 11.3. The van der Waals surface area contributed by atoms with E-state index in [2.05, 4.69) is 9.05 Å². The van der Waals surface area contributed by atoms with E-state index in [0.717, 1.165) is 12.8 Å². The highest BCUT2D eigenvalue weighted by Crippen LogP contribution is 2.48. The van der Waals surface area contributed by atoms with Crippen LogP contribution in [0.2, 0.25) is 0 Å². The van der Waals surface area contributed by atoms with Crippen LogP contribution in [-0.2, 0) is 13.6 Å². The van der Waals surface area contributed by atoms with Crippen LogP contribution in [0.15, 0.2) is 0 Å². The fraction of sp³-hybridized carbons (Fsp3) is 1.00.